The predicted octanol–water partition coefficient (Wildman–Crippen LogP) is 4.62. The standard InChI is InChI=1S/C27H23N3O3/c31-25-27(17-20-10-4-1-5-11-20,18-21-12-6-2-7-13-21)28-26(32)30(25)19-23-16-24(33-29-23)22-14-8-3-9-15-22/h1-16H,17-19H2,(H,28,32). The van der Waals surface area contributed by atoms with Crippen molar-refractivity contribution in [3.05, 3.63) is 114 Å². The van der Waals surface area contributed by atoms with Crippen LogP contribution in [0.3, 0.4) is 0 Å². The van der Waals surface area contributed by atoms with Gasteiger partial charge in [-0.3, -0.25) is 9.69 Å². The molecular weight excluding hydrogens is 414 g/mol. The van der Waals surface area contributed by atoms with Gasteiger partial charge in [-0.05, 0) is 11.1 Å². The summed E-state index contributed by atoms with van der Waals surface area (Å²) in [7, 11) is 0. The number of nitrogens with one attached hydrogen (secondary N) is 1. The Bertz CT molecular complexity index is 1210. The number of rotatable bonds is 7. The summed E-state index contributed by atoms with van der Waals surface area (Å²) in [6, 6.07) is 30.4. The molecule has 0 radical (unpaired) electrons. The Hall–Kier alpha value is -4.19. The molecule has 164 valence electrons. The fourth-order valence-corrected chi connectivity index (χ4v) is 4.30. The molecule has 0 spiro atoms. The van der Waals surface area contributed by atoms with Crippen LogP contribution < -0.4 is 5.32 Å². The molecule has 1 aliphatic heterocycles. The number of aromatic nitrogens is 1. The first-order valence-electron chi connectivity index (χ1n) is 10.9. The van der Waals surface area contributed by atoms with Crippen molar-refractivity contribution in [3.63, 3.8) is 0 Å². The molecule has 0 saturated carbocycles. The summed E-state index contributed by atoms with van der Waals surface area (Å²) in [4.78, 5) is 27.9. The molecule has 6 heteroatoms. The highest BCUT2D eigenvalue weighted by molar-refractivity contribution is 6.07. The van der Waals surface area contributed by atoms with Crippen LogP contribution in [-0.4, -0.2) is 27.5 Å². The van der Waals surface area contributed by atoms with Crippen molar-refractivity contribution in [2.45, 2.75) is 24.9 Å². The van der Waals surface area contributed by atoms with Crippen LogP contribution in [0.2, 0.25) is 0 Å². The Morgan fingerprint density at radius 3 is 1.91 bits per heavy atom. The lowest BCUT2D eigenvalue weighted by Crippen LogP contribution is -2.51. The summed E-state index contributed by atoms with van der Waals surface area (Å²) < 4.78 is 5.46. The number of benzene rings is 3. The average molecular weight is 437 g/mol. The van der Waals surface area contributed by atoms with Crippen LogP contribution in [0.4, 0.5) is 4.79 Å². The zero-order valence-corrected chi connectivity index (χ0v) is 18.0. The molecule has 1 fully saturated rings. The highest BCUT2D eigenvalue weighted by Gasteiger charge is 2.51. The molecule has 0 bridgehead atoms. The zero-order chi connectivity index (χ0) is 22.7. The maximum absolute atomic E-state index is 13.7. The minimum atomic E-state index is -1.06. The van der Waals surface area contributed by atoms with Gasteiger partial charge in [-0.1, -0.05) is 96.2 Å². The molecule has 33 heavy (non-hydrogen) atoms. The van der Waals surface area contributed by atoms with Gasteiger partial charge in [-0.25, -0.2) is 4.79 Å². The van der Waals surface area contributed by atoms with Gasteiger partial charge < -0.3 is 9.84 Å². The number of hydrogen-bond donors (Lipinski definition) is 1. The lowest BCUT2D eigenvalue weighted by Gasteiger charge is -2.27. The molecular formula is C27H23N3O3. The van der Waals surface area contributed by atoms with E-state index in [2.05, 4.69) is 10.5 Å². The van der Waals surface area contributed by atoms with Crippen LogP contribution in [0.5, 0.6) is 0 Å². The van der Waals surface area contributed by atoms with Gasteiger partial charge in [-0.15, -0.1) is 0 Å². The number of nitrogens with zero attached hydrogens (tertiary/aromatic N) is 2. The van der Waals surface area contributed by atoms with Gasteiger partial charge in [0.25, 0.3) is 5.91 Å². The molecule has 2 heterocycles. The number of carbonyl (C=O) groups excluding carboxylic acids is 2. The highest BCUT2D eigenvalue weighted by Crippen LogP contribution is 2.29. The lowest BCUT2D eigenvalue weighted by molar-refractivity contribution is -0.131. The van der Waals surface area contributed by atoms with Crippen molar-refractivity contribution in [1.82, 2.24) is 15.4 Å². The molecule has 1 N–H and O–H groups in total. The molecule has 0 aliphatic carbocycles. The highest BCUT2D eigenvalue weighted by atomic mass is 16.5. The first-order chi connectivity index (χ1) is 16.1. The van der Waals surface area contributed by atoms with Crippen molar-refractivity contribution in [2.24, 2.45) is 0 Å². The second-order valence-electron chi connectivity index (χ2n) is 8.28. The third kappa shape index (κ3) is 4.28. The van der Waals surface area contributed by atoms with E-state index in [0.717, 1.165) is 16.7 Å². The smallest absolute Gasteiger partial charge is 0.325 e. The summed E-state index contributed by atoms with van der Waals surface area (Å²) in [6.07, 6.45) is 0.801. The quantitative estimate of drug-likeness (QED) is 0.428. The topological polar surface area (TPSA) is 75.4 Å². The van der Waals surface area contributed by atoms with Crippen molar-refractivity contribution in [1.29, 1.82) is 0 Å². The summed E-state index contributed by atoms with van der Waals surface area (Å²) in [6.45, 7) is 0.0479. The molecule has 5 rings (SSSR count). The van der Waals surface area contributed by atoms with E-state index in [-0.39, 0.29) is 12.5 Å². The fraction of sp³-hybridized carbons (Fsp3) is 0.148. The molecule has 3 amide bonds. The van der Waals surface area contributed by atoms with Gasteiger partial charge in [0.15, 0.2) is 5.76 Å². The van der Waals surface area contributed by atoms with Gasteiger partial charge in [0, 0.05) is 24.5 Å². The monoisotopic (exact) mass is 437 g/mol. The van der Waals surface area contributed by atoms with Crippen LogP contribution in [0, 0.1) is 0 Å². The van der Waals surface area contributed by atoms with Crippen molar-refractivity contribution >= 4 is 11.9 Å². The van der Waals surface area contributed by atoms with Crippen LogP contribution in [0.1, 0.15) is 16.8 Å². The van der Waals surface area contributed by atoms with E-state index < -0.39 is 11.6 Å². The maximum Gasteiger partial charge on any atom is 0.325 e. The first-order valence-corrected chi connectivity index (χ1v) is 10.9. The van der Waals surface area contributed by atoms with Gasteiger partial charge in [-0.2, -0.15) is 0 Å². The second-order valence-corrected chi connectivity index (χ2v) is 8.28. The molecule has 0 unspecified atom stereocenters. The van der Waals surface area contributed by atoms with Gasteiger partial charge in [0.05, 0.1) is 6.54 Å². The number of amides is 3. The first kappa shape index (κ1) is 20.7. The summed E-state index contributed by atoms with van der Waals surface area (Å²) in [5.41, 5.74) is 2.31. The van der Waals surface area contributed by atoms with Crippen molar-refractivity contribution < 1.29 is 14.1 Å². The maximum atomic E-state index is 13.7. The molecule has 6 nitrogen and oxygen atoms in total. The molecule has 1 aromatic heterocycles. The third-order valence-electron chi connectivity index (χ3n) is 5.88. The summed E-state index contributed by atoms with van der Waals surface area (Å²) in [5.74, 6) is 0.335. The Morgan fingerprint density at radius 2 is 1.33 bits per heavy atom. The van der Waals surface area contributed by atoms with Gasteiger partial charge >= 0.3 is 6.03 Å². The predicted molar refractivity (Wildman–Crippen MR) is 124 cm³/mol. The van der Waals surface area contributed by atoms with Crippen molar-refractivity contribution in [3.8, 4) is 11.3 Å². The molecule has 4 aromatic rings. The normalized spacial score (nSPS) is 15.0. The summed E-state index contributed by atoms with van der Waals surface area (Å²) >= 11 is 0. The van der Waals surface area contributed by atoms with Crippen LogP contribution in [0.15, 0.2) is 102 Å². The summed E-state index contributed by atoms with van der Waals surface area (Å²) in [5, 5.41) is 7.09. The fourth-order valence-electron chi connectivity index (χ4n) is 4.30. The Balaban J connectivity index is 1.42. The lowest BCUT2D eigenvalue weighted by atomic mass is 9.84. The SMILES string of the molecule is O=C1NC(Cc2ccccc2)(Cc2ccccc2)C(=O)N1Cc1cc(-c2ccccc2)on1. The van der Waals surface area contributed by atoms with Crippen LogP contribution >= 0.6 is 0 Å². The number of urea groups is 1. The average Bonchev–Trinajstić information content (AvgIpc) is 3.40. The minimum Gasteiger partial charge on any atom is -0.356 e. The van der Waals surface area contributed by atoms with E-state index in [0.29, 0.717) is 24.3 Å². The van der Waals surface area contributed by atoms with Crippen LogP contribution in [-0.2, 0) is 24.2 Å². The van der Waals surface area contributed by atoms with E-state index in [1.54, 1.807) is 6.07 Å². The largest absolute Gasteiger partial charge is 0.356 e. The van der Waals surface area contributed by atoms with E-state index in [4.69, 9.17) is 4.52 Å². The van der Waals surface area contributed by atoms with E-state index in [9.17, 15) is 9.59 Å². The Morgan fingerprint density at radius 1 is 0.788 bits per heavy atom. The number of imide groups is 1. The molecule has 1 saturated heterocycles. The van der Waals surface area contributed by atoms with Crippen LogP contribution in [0.25, 0.3) is 11.3 Å². The molecule has 0 atom stereocenters. The van der Waals surface area contributed by atoms with Gasteiger partial charge in [0.2, 0.25) is 0 Å². The van der Waals surface area contributed by atoms with E-state index in [1.807, 2.05) is 91.0 Å². The third-order valence-corrected chi connectivity index (χ3v) is 5.88. The minimum absolute atomic E-state index is 0.0479. The molecule has 3 aromatic carbocycles. The van der Waals surface area contributed by atoms with Crippen molar-refractivity contribution in [2.75, 3.05) is 0 Å². The Labute approximate surface area is 191 Å². The van der Waals surface area contributed by atoms with Gasteiger partial charge in [0.1, 0.15) is 11.2 Å². The second kappa shape index (κ2) is 8.74. The number of carbonyl (C=O) groups is 2. The van der Waals surface area contributed by atoms with E-state index >= 15 is 0 Å². The number of hydrogen-bond acceptors (Lipinski definition) is 4. The zero-order valence-electron chi connectivity index (χ0n) is 18.0. The van der Waals surface area contributed by atoms with E-state index in [1.165, 1.54) is 4.90 Å². The molecule has 1 aliphatic rings. The Kier molecular flexibility index (Phi) is 5.48.